The molecule has 0 spiro atoms. The molecule has 26 heavy (non-hydrogen) atoms. The summed E-state index contributed by atoms with van der Waals surface area (Å²) in [6, 6.07) is 9.26. The number of nitrogens with zero attached hydrogens (tertiary/aromatic N) is 2. The average molecular weight is 366 g/mol. The molecule has 3 rings (SSSR count). The first-order valence-corrected chi connectivity index (χ1v) is 8.00. The highest BCUT2D eigenvalue weighted by Gasteiger charge is 2.31. The maximum Gasteiger partial charge on any atom is 0.417 e. The number of carbonyl (C=O) groups is 1. The molecule has 1 fully saturated rings. The summed E-state index contributed by atoms with van der Waals surface area (Å²) in [4.78, 5) is 17.6. The van der Waals surface area contributed by atoms with Crippen LogP contribution in [0.1, 0.15) is 22.3 Å². The number of hydrogen-bond donors (Lipinski definition) is 0. The first kappa shape index (κ1) is 18.0. The molecule has 0 aliphatic carbocycles. The van der Waals surface area contributed by atoms with Crippen LogP contribution in [0.4, 0.5) is 18.9 Å². The van der Waals surface area contributed by atoms with E-state index in [4.69, 9.17) is 9.47 Å². The van der Waals surface area contributed by atoms with Gasteiger partial charge in [0.05, 0.1) is 30.5 Å². The van der Waals surface area contributed by atoms with Crippen LogP contribution in [0.25, 0.3) is 0 Å². The van der Waals surface area contributed by atoms with Crippen molar-refractivity contribution in [3.63, 3.8) is 0 Å². The van der Waals surface area contributed by atoms with E-state index < -0.39 is 17.7 Å². The van der Waals surface area contributed by atoms with Crippen molar-refractivity contribution in [2.24, 2.45) is 0 Å². The molecule has 1 aromatic heterocycles. The van der Waals surface area contributed by atoms with Crippen molar-refractivity contribution in [1.29, 1.82) is 0 Å². The largest absolute Gasteiger partial charge is 0.472 e. The molecule has 1 aliphatic heterocycles. The fraction of sp³-hybridized carbons (Fsp3) is 0.333. The summed E-state index contributed by atoms with van der Waals surface area (Å²) in [7, 11) is 1.32. The number of anilines is 1. The smallest absolute Gasteiger partial charge is 0.417 e. The van der Waals surface area contributed by atoms with Crippen molar-refractivity contribution in [3.8, 4) is 5.88 Å². The molecule has 1 aromatic carbocycles. The Morgan fingerprint density at radius 3 is 2.65 bits per heavy atom. The van der Waals surface area contributed by atoms with E-state index in [1.54, 1.807) is 12.1 Å². The van der Waals surface area contributed by atoms with E-state index in [0.717, 1.165) is 18.0 Å². The van der Waals surface area contributed by atoms with Crippen LogP contribution in [0, 0.1) is 0 Å². The van der Waals surface area contributed by atoms with Gasteiger partial charge in [-0.05, 0) is 18.2 Å². The van der Waals surface area contributed by atoms with Gasteiger partial charge in [-0.2, -0.15) is 13.2 Å². The summed E-state index contributed by atoms with van der Waals surface area (Å²) in [6.07, 6.45) is -3.23. The van der Waals surface area contributed by atoms with Gasteiger partial charge in [0.1, 0.15) is 6.10 Å². The van der Waals surface area contributed by atoms with E-state index in [0.29, 0.717) is 25.1 Å². The van der Waals surface area contributed by atoms with Gasteiger partial charge < -0.3 is 14.4 Å². The molecule has 0 unspecified atom stereocenters. The molecule has 0 radical (unpaired) electrons. The lowest BCUT2D eigenvalue weighted by molar-refractivity contribution is -0.137. The van der Waals surface area contributed by atoms with E-state index in [2.05, 4.69) is 4.98 Å². The van der Waals surface area contributed by atoms with Crippen LogP contribution in [0.2, 0.25) is 0 Å². The summed E-state index contributed by atoms with van der Waals surface area (Å²) in [5.74, 6) is -0.277. The Morgan fingerprint density at radius 1 is 1.23 bits per heavy atom. The molecule has 1 aliphatic rings. The van der Waals surface area contributed by atoms with Crippen LogP contribution in [-0.2, 0) is 10.9 Å². The number of para-hydroxylation sites is 1. The summed E-state index contributed by atoms with van der Waals surface area (Å²) in [5.41, 5.74) is 0.388. The third-order valence-electron chi connectivity index (χ3n) is 4.15. The molecule has 0 bridgehead atoms. The molecule has 0 amide bonds. The number of carbonyl (C=O) groups excluding carboxylic acids is 1. The Balaban J connectivity index is 1.67. The molecule has 0 N–H and O–H groups in total. The maximum atomic E-state index is 12.6. The normalized spacial score (nSPS) is 17.2. The molecule has 1 saturated heterocycles. The fourth-order valence-corrected chi connectivity index (χ4v) is 2.86. The van der Waals surface area contributed by atoms with Gasteiger partial charge in [0.2, 0.25) is 5.88 Å². The zero-order chi connectivity index (χ0) is 18.7. The molecular formula is C18H17F3N2O3. The molecule has 1 atom stereocenters. The number of ether oxygens (including phenoxy) is 2. The Hall–Kier alpha value is -2.77. The average Bonchev–Trinajstić information content (AvgIpc) is 3.09. The van der Waals surface area contributed by atoms with Crippen LogP contribution in [0.5, 0.6) is 5.88 Å². The zero-order valence-electron chi connectivity index (χ0n) is 14.0. The summed E-state index contributed by atoms with van der Waals surface area (Å²) in [6.45, 7) is 1.15. The van der Waals surface area contributed by atoms with Gasteiger partial charge in [-0.1, -0.05) is 12.1 Å². The zero-order valence-corrected chi connectivity index (χ0v) is 14.0. The number of alkyl halides is 3. The minimum Gasteiger partial charge on any atom is -0.472 e. The Morgan fingerprint density at radius 2 is 2.00 bits per heavy atom. The predicted octanol–water partition coefficient (Wildman–Crippen LogP) is 3.54. The number of methoxy groups -OCH3 is 1. The van der Waals surface area contributed by atoms with Crippen molar-refractivity contribution in [2.45, 2.75) is 18.7 Å². The van der Waals surface area contributed by atoms with Gasteiger partial charge in [-0.25, -0.2) is 9.78 Å². The van der Waals surface area contributed by atoms with E-state index in [-0.39, 0.29) is 12.0 Å². The lowest BCUT2D eigenvalue weighted by Gasteiger charge is -2.21. The Kier molecular flexibility index (Phi) is 5.01. The molecule has 138 valence electrons. The topological polar surface area (TPSA) is 51.7 Å². The van der Waals surface area contributed by atoms with Crippen molar-refractivity contribution in [2.75, 3.05) is 25.1 Å². The summed E-state index contributed by atoms with van der Waals surface area (Å²) in [5, 5.41) is 0. The highest BCUT2D eigenvalue weighted by molar-refractivity contribution is 5.95. The second kappa shape index (κ2) is 7.23. The van der Waals surface area contributed by atoms with Crippen molar-refractivity contribution in [1.82, 2.24) is 4.98 Å². The van der Waals surface area contributed by atoms with Crippen molar-refractivity contribution < 1.29 is 27.4 Å². The minimum absolute atomic E-state index is 0.145. The van der Waals surface area contributed by atoms with E-state index in [9.17, 15) is 18.0 Å². The molecule has 2 aromatic rings. The summed E-state index contributed by atoms with van der Waals surface area (Å²) < 4.78 is 48.2. The van der Waals surface area contributed by atoms with E-state index in [1.165, 1.54) is 13.2 Å². The predicted molar refractivity (Wildman–Crippen MR) is 88.3 cm³/mol. The second-order valence-electron chi connectivity index (χ2n) is 5.87. The van der Waals surface area contributed by atoms with Gasteiger partial charge >= 0.3 is 12.1 Å². The Bertz CT molecular complexity index is 778. The number of halogens is 3. The van der Waals surface area contributed by atoms with Crippen LogP contribution in [-0.4, -0.2) is 37.3 Å². The van der Waals surface area contributed by atoms with Gasteiger partial charge in [-0.3, -0.25) is 0 Å². The molecule has 8 heteroatoms. The number of benzene rings is 1. The van der Waals surface area contributed by atoms with Crippen LogP contribution in [0.15, 0.2) is 42.6 Å². The highest BCUT2D eigenvalue weighted by atomic mass is 19.4. The maximum absolute atomic E-state index is 12.6. The number of esters is 1. The van der Waals surface area contributed by atoms with Gasteiger partial charge in [0.15, 0.2) is 0 Å². The standard InChI is InChI=1S/C18H17F3N2O3/c1-25-17(24)14-4-2-3-5-15(14)23-9-8-13(11-23)26-16-7-6-12(10-22-16)18(19,20)21/h2-7,10,13H,8-9,11H2,1H3/t13-/m1/s1. The monoisotopic (exact) mass is 366 g/mol. The molecule has 0 saturated carbocycles. The van der Waals surface area contributed by atoms with Gasteiger partial charge in [0, 0.05) is 25.2 Å². The fourth-order valence-electron chi connectivity index (χ4n) is 2.86. The molecule has 5 nitrogen and oxygen atoms in total. The van der Waals surface area contributed by atoms with Crippen molar-refractivity contribution >= 4 is 11.7 Å². The number of pyridine rings is 1. The quantitative estimate of drug-likeness (QED) is 0.775. The van der Waals surface area contributed by atoms with Gasteiger partial charge in [-0.15, -0.1) is 0 Å². The van der Waals surface area contributed by atoms with Crippen LogP contribution in [0.3, 0.4) is 0 Å². The lowest BCUT2D eigenvalue weighted by Crippen LogP contribution is -2.26. The first-order valence-electron chi connectivity index (χ1n) is 8.00. The number of hydrogen-bond acceptors (Lipinski definition) is 5. The van der Waals surface area contributed by atoms with Crippen LogP contribution >= 0.6 is 0 Å². The van der Waals surface area contributed by atoms with Crippen LogP contribution < -0.4 is 9.64 Å². The van der Waals surface area contributed by atoms with E-state index >= 15 is 0 Å². The third-order valence-corrected chi connectivity index (χ3v) is 4.15. The first-order chi connectivity index (χ1) is 12.4. The van der Waals surface area contributed by atoms with E-state index in [1.807, 2.05) is 17.0 Å². The Labute approximate surface area is 148 Å². The molecular weight excluding hydrogens is 349 g/mol. The number of rotatable bonds is 4. The minimum atomic E-state index is -4.42. The molecule has 2 heterocycles. The lowest BCUT2D eigenvalue weighted by atomic mass is 10.1. The summed E-state index contributed by atoms with van der Waals surface area (Å²) >= 11 is 0. The second-order valence-corrected chi connectivity index (χ2v) is 5.87. The van der Waals surface area contributed by atoms with Gasteiger partial charge in [0.25, 0.3) is 0 Å². The third kappa shape index (κ3) is 3.89. The number of aromatic nitrogens is 1. The highest BCUT2D eigenvalue weighted by Crippen LogP contribution is 2.30. The SMILES string of the molecule is COC(=O)c1ccccc1N1CC[C@@H](Oc2ccc(C(F)(F)F)cn2)C1. The van der Waals surface area contributed by atoms with Crippen molar-refractivity contribution in [3.05, 3.63) is 53.7 Å².